The van der Waals surface area contributed by atoms with Crippen molar-refractivity contribution in [3.8, 4) is 17.6 Å². The number of rotatable bonds is 4. The molecule has 86 valence electrons. The fourth-order valence-electron chi connectivity index (χ4n) is 1.05. The zero-order valence-electron chi connectivity index (χ0n) is 9.13. The monoisotopic (exact) mass is 223 g/mol. The molecule has 0 fully saturated rings. The second-order valence-electron chi connectivity index (χ2n) is 2.90. The van der Waals surface area contributed by atoms with E-state index in [4.69, 9.17) is 15.2 Å². The number of hydrogen-bond donors (Lipinski definition) is 1. The van der Waals surface area contributed by atoms with E-state index in [1.807, 2.05) is 6.92 Å². The van der Waals surface area contributed by atoms with Gasteiger partial charge in [-0.3, -0.25) is 0 Å². The zero-order chi connectivity index (χ0) is 11.8. The summed E-state index contributed by atoms with van der Waals surface area (Å²) in [7, 11) is 0. The lowest BCUT2D eigenvalue weighted by Gasteiger charge is -2.07. The predicted octanol–water partition coefficient (Wildman–Crippen LogP) is 1.51. The SMILES string of the molecule is CCOCOc1cc(F)ccc1C#CCN. The molecule has 1 aromatic carbocycles. The quantitative estimate of drug-likeness (QED) is 0.478. The van der Waals surface area contributed by atoms with Crippen molar-refractivity contribution in [1.82, 2.24) is 0 Å². The van der Waals surface area contributed by atoms with Crippen LogP contribution in [-0.4, -0.2) is 19.9 Å². The Morgan fingerprint density at radius 1 is 1.44 bits per heavy atom. The lowest BCUT2D eigenvalue weighted by molar-refractivity contribution is 0.0221. The van der Waals surface area contributed by atoms with Crippen LogP contribution < -0.4 is 10.5 Å². The number of benzene rings is 1. The lowest BCUT2D eigenvalue weighted by atomic mass is 10.2. The molecule has 0 saturated carbocycles. The average Bonchev–Trinajstić information content (AvgIpc) is 2.28. The van der Waals surface area contributed by atoms with Crippen LogP contribution >= 0.6 is 0 Å². The van der Waals surface area contributed by atoms with Gasteiger partial charge in [-0.2, -0.15) is 0 Å². The largest absolute Gasteiger partial charge is 0.466 e. The fourth-order valence-corrected chi connectivity index (χ4v) is 1.05. The van der Waals surface area contributed by atoms with Gasteiger partial charge in [0.25, 0.3) is 0 Å². The highest BCUT2D eigenvalue weighted by atomic mass is 19.1. The second kappa shape index (κ2) is 6.83. The van der Waals surface area contributed by atoms with E-state index < -0.39 is 0 Å². The molecule has 0 amide bonds. The molecule has 0 aromatic heterocycles. The highest BCUT2D eigenvalue weighted by Crippen LogP contribution is 2.18. The van der Waals surface area contributed by atoms with Crippen LogP contribution in [0.2, 0.25) is 0 Å². The summed E-state index contributed by atoms with van der Waals surface area (Å²) < 4.78 is 23.3. The fraction of sp³-hybridized carbons (Fsp3) is 0.333. The lowest BCUT2D eigenvalue weighted by Crippen LogP contribution is -2.03. The van der Waals surface area contributed by atoms with Crippen LogP contribution in [0.25, 0.3) is 0 Å². The average molecular weight is 223 g/mol. The van der Waals surface area contributed by atoms with Crippen molar-refractivity contribution in [2.75, 3.05) is 19.9 Å². The Morgan fingerprint density at radius 2 is 2.25 bits per heavy atom. The van der Waals surface area contributed by atoms with Crippen molar-refractivity contribution in [2.24, 2.45) is 5.73 Å². The third-order valence-electron chi connectivity index (χ3n) is 1.77. The Hall–Kier alpha value is -1.57. The van der Waals surface area contributed by atoms with E-state index in [1.54, 1.807) is 6.07 Å². The maximum Gasteiger partial charge on any atom is 0.189 e. The zero-order valence-corrected chi connectivity index (χ0v) is 9.13. The van der Waals surface area contributed by atoms with Gasteiger partial charge in [-0.15, -0.1) is 0 Å². The molecule has 0 aliphatic carbocycles. The third kappa shape index (κ3) is 3.89. The minimum atomic E-state index is -0.371. The Kier molecular flexibility index (Phi) is 5.34. The van der Waals surface area contributed by atoms with Gasteiger partial charge in [0.2, 0.25) is 0 Å². The van der Waals surface area contributed by atoms with Gasteiger partial charge >= 0.3 is 0 Å². The highest BCUT2D eigenvalue weighted by molar-refractivity contribution is 5.46. The molecule has 1 aromatic rings. The number of ether oxygens (including phenoxy) is 2. The molecule has 0 aliphatic heterocycles. The molecule has 0 saturated heterocycles. The maximum absolute atomic E-state index is 13.0. The summed E-state index contributed by atoms with van der Waals surface area (Å²) >= 11 is 0. The summed E-state index contributed by atoms with van der Waals surface area (Å²) in [4.78, 5) is 0. The molecule has 2 N–H and O–H groups in total. The minimum absolute atomic E-state index is 0.0806. The van der Waals surface area contributed by atoms with E-state index in [0.29, 0.717) is 17.9 Å². The number of nitrogens with two attached hydrogens (primary N) is 1. The molecule has 0 aliphatic rings. The van der Waals surface area contributed by atoms with E-state index in [-0.39, 0.29) is 19.2 Å². The third-order valence-corrected chi connectivity index (χ3v) is 1.77. The molecular formula is C12H14FNO2. The van der Waals surface area contributed by atoms with Gasteiger partial charge in [-0.1, -0.05) is 11.8 Å². The molecule has 0 atom stereocenters. The van der Waals surface area contributed by atoms with E-state index >= 15 is 0 Å². The summed E-state index contributed by atoms with van der Waals surface area (Å²) in [5.41, 5.74) is 5.87. The van der Waals surface area contributed by atoms with Crippen molar-refractivity contribution in [3.05, 3.63) is 29.6 Å². The van der Waals surface area contributed by atoms with Crippen LogP contribution in [0, 0.1) is 17.7 Å². The smallest absolute Gasteiger partial charge is 0.189 e. The van der Waals surface area contributed by atoms with Gasteiger partial charge in [-0.25, -0.2) is 4.39 Å². The van der Waals surface area contributed by atoms with Crippen LogP contribution in [-0.2, 0) is 4.74 Å². The Labute approximate surface area is 94.4 Å². The van der Waals surface area contributed by atoms with Gasteiger partial charge in [-0.05, 0) is 19.1 Å². The van der Waals surface area contributed by atoms with Crippen molar-refractivity contribution in [2.45, 2.75) is 6.92 Å². The first-order valence-electron chi connectivity index (χ1n) is 4.97. The van der Waals surface area contributed by atoms with Crippen molar-refractivity contribution in [1.29, 1.82) is 0 Å². The van der Waals surface area contributed by atoms with E-state index in [2.05, 4.69) is 11.8 Å². The van der Waals surface area contributed by atoms with Crippen LogP contribution in [0.1, 0.15) is 12.5 Å². The van der Waals surface area contributed by atoms with Crippen LogP contribution in [0.5, 0.6) is 5.75 Å². The van der Waals surface area contributed by atoms with E-state index in [9.17, 15) is 4.39 Å². The van der Waals surface area contributed by atoms with Crippen LogP contribution in [0.4, 0.5) is 4.39 Å². The maximum atomic E-state index is 13.0. The van der Waals surface area contributed by atoms with E-state index in [1.165, 1.54) is 12.1 Å². The molecule has 3 nitrogen and oxygen atoms in total. The summed E-state index contributed by atoms with van der Waals surface area (Å²) in [5, 5.41) is 0. The number of halogens is 1. The molecule has 16 heavy (non-hydrogen) atoms. The molecule has 0 spiro atoms. The van der Waals surface area contributed by atoms with Crippen molar-refractivity contribution in [3.63, 3.8) is 0 Å². The summed E-state index contributed by atoms with van der Waals surface area (Å²) in [6.07, 6.45) is 0. The highest BCUT2D eigenvalue weighted by Gasteiger charge is 2.03. The Balaban J connectivity index is 2.81. The van der Waals surface area contributed by atoms with Gasteiger partial charge in [0.15, 0.2) is 6.79 Å². The number of hydrogen-bond acceptors (Lipinski definition) is 3. The topological polar surface area (TPSA) is 44.5 Å². The minimum Gasteiger partial charge on any atom is -0.466 e. The predicted molar refractivity (Wildman–Crippen MR) is 59.5 cm³/mol. The Morgan fingerprint density at radius 3 is 2.94 bits per heavy atom. The van der Waals surface area contributed by atoms with E-state index in [0.717, 1.165) is 0 Å². The summed E-state index contributed by atoms with van der Waals surface area (Å²) in [6.45, 7) is 2.72. The molecule has 1 rings (SSSR count). The van der Waals surface area contributed by atoms with Gasteiger partial charge < -0.3 is 15.2 Å². The van der Waals surface area contributed by atoms with Gasteiger partial charge in [0.1, 0.15) is 11.6 Å². The summed E-state index contributed by atoms with van der Waals surface area (Å²) in [5.74, 6) is 5.49. The second-order valence-corrected chi connectivity index (χ2v) is 2.90. The molecule has 0 unspecified atom stereocenters. The first kappa shape index (κ1) is 12.5. The van der Waals surface area contributed by atoms with Crippen molar-refractivity contribution >= 4 is 0 Å². The molecule has 0 radical (unpaired) electrons. The van der Waals surface area contributed by atoms with Gasteiger partial charge in [0, 0.05) is 12.7 Å². The van der Waals surface area contributed by atoms with Crippen LogP contribution in [0.3, 0.4) is 0 Å². The van der Waals surface area contributed by atoms with Crippen LogP contribution in [0.15, 0.2) is 18.2 Å². The van der Waals surface area contributed by atoms with Gasteiger partial charge in [0.05, 0.1) is 12.1 Å². The molecular weight excluding hydrogens is 209 g/mol. The summed E-state index contributed by atoms with van der Waals surface area (Å²) in [6, 6.07) is 4.16. The molecule has 4 heteroatoms. The molecule has 0 heterocycles. The first-order chi connectivity index (χ1) is 7.77. The molecule has 0 bridgehead atoms. The van der Waals surface area contributed by atoms with Crippen molar-refractivity contribution < 1.29 is 13.9 Å². The normalized spacial score (nSPS) is 9.44. The standard InChI is InChI=1S/C12H14FNO2/c1-2-15-9-16-12-8-11(13)6-5-10(12)4-3-7-14/h5-6,8H,2,7,9,14H2,1H3. The Bertz CT molecular complexity index is 396. The first-order valence-corrected chi connectivity index (χ1v) is 4.97.